The van der Waals surface area contributed by atoms with Gasteiger partial charge in [-0.15, -0.1) is 0 Å². The van der Waals surface area contributed by atoms with Crippen molar-refractivity contribution in [3.8, 4) is 0 Å². The number of halogens is 3. The van der Waals surface area contributed by atoms with E-state index in [0.717, 1.165) is 78.1 Å². The third kappa shape index (κ3) is 11.4. The van der Waals surface area contributed by atoms with Crippen molar-refractivity contribution < 1.29 is 18.0 Å². The average molecular weight is 571 g/mol. The highest BCUT2D eigenvalue weighted by Crippen LogP contribution is 2.31. The number of rotatable bonds is 4. The molecule has 1 fully saturated rings. The molecule has 0 unspecified atom stereocenters. The molecule has 3 aromatic rings. The summed E-state index contributed by atoms with van der Waals surface area (Å²) in [4.78, 5) is 21.2. The monoisotopic (exact) mass is 570 g/mol. The van der Waals surface area contributed by atoms with Crippen LogP contribution in [0.15, 0.2) is 68.0 Å². The second-order valence-electron chi connectivity index (χ2n) is 9.22. The van der Waals surface area contributed by atoms with Crippen LogP contribution in [0.25, 0.3) is 11.1 Å². The molecule has 1 aromatic heterocycles. The zero-order valence-corrected chi connectivity index (χ0v) is 24.2. The Kier molecular flexibility index (Phi) is 14.1. The molecule has 0 radical (unpaired) electrons. The third-order valence-electron chi connectivity index (χ3n) is 5.93. The fourth-order valence-corrected chi connectivity index (χ4v) is 3.76. The topological polar surface area (TPSA) is 124 Å². The minimum Gasteiger partial charge on any atom is -0.399 e. The summed E-state index contributed by atoms with van der Waals surface area (Å²) in [5.74, 6) is 1.47. The van der Waals surface area contributed by atoms with E-state index in [1.54, 1.807) is 0 Å². The van der Waals surface area contributed by atoms with Gasteiger partial charge in [0.2, 0.25) is 0 Å². The van der Waals surface area contributed by atoms with Gasteiger partial charge in [-0.3, -0.25) is 0 Å². The lowest BCUT2D eigenvalue weighted by Crippen LogP contribution is -2.35. The molecule has 0 bridgehead atoms. The highest BCUT2D eigenvalue weighted by atomic mass is 19.4. The maximum atomic E-state index is 11.9. The minimum absolute atomic E-state index is 0.175. The molecule has 6 N–H and O–H groups in total. The van der Waals surface area contributed by atoms with Crippen LogP contribution in [0.1, 0.15) is 57.2 Å². The number of nitrogens with zero attached hydrogens (tertiary/aromatic N) is 3. The van der Waals surface area contributed by atoms with Crippen molar-refractivity contribution in [2.24, 2.45) is 5.92 Å². The van der Waals surface area contributed by atoms with E-state index in [9.17, 15) is 18.0 Å². The number of carbonyl (C=O) groups excluding carboxylic acids is 1. The van der Waals surface area contributed by atoms with Crippen molar-refractivity contribution in [3.05, 3.63) is 84.7 Å². The molecule has 4 rings (SSSR count). The van der Waals surface area contributed by atoms with Crippen molar-refractivity contribution in [2.45, 2.75) is 46.7 Å². The first kappa shape index (κ1) is 34.7. The molecule has 7 nitrogen and oxygen atoms in total. The number of nitrogen functional groups attached to an aromatic ring is 3. The molecule has 2 heterocycles. The minimum atomic E-state index is -4.27. The van der Waals surface area contributed by atoms with Gasteiger partial charge in [-0.1, -0.05) is 44.7 Å². The average Bonchev–Trinajstić information content (AvgIpc) is 2.94. The Morgan fingerprint density at radius 1 is 0.927 bits per heavy atom. The van der Waals surface area contributed by atoms with Gasteiger partial charge in [0.25, 0.3) is 0 Å². The first-order chi connectivity index (χ1) is 19.3. The van der Waals surface area contributed by atoms with Crippen LogP contribution < -0.4 is 22.1 Å². The molecule has 0 saturated carbocycles. The lowest BCUT2D eigenvalue weighted by atomic mass is 9.98. The molecule has 10 heteroatoms. The normalized spacial score (nSPS) is 12.8. The van der Waals surface area contributed by atoms with Crippen LogP contribution in [0.2, 0.25) is 0 Å². The predicted octanol–water partition coefficient (Wildman–Crippen LogP) is 7.12. The number of carbonyl (C=O) groups is 1. The Labute approximate surface area is 241 Å². The summed E-state index contributed by atoms with van der Waals surface area (Å²) in [6.45, 7) is 17.2. The molecule has 1 saturated heterocycles. The number of hydrogen-bond acceptors (Lipinski definition) is 7. The SMILES string of the molecule is C=C(C)c1c(N)ncnc1N1CCC(C=O)CC1.C=C(C)c1cccc(N)c1.CC.Nc1ccc(C(F)(F)F)cc1. The summed E-state index contributed by atoms with van der Waals surface area (Å²) < 4.78 is 35.6. The van der Waals surface area contributed by atoms with Crippen LogP contribution in [0, 0.1) is 5.92 Å². The van der Waals surface area contributed by atoms with E-state index >= 15 is 0 Å². The van der Waals surface area contributed by atoms with Gasteiger partial charge in [0, 0.05) is 30.4 Å². The van der Waals surface area contributed by atoms with Crippen molar-refractivity contribution in [3.63, 3.8) is 0 Å². The molecular formula is C31H41F3N6O. The van der Waals surface area contributed by atoms with Gasteiger partial charge in [0.15, 0.2) is 0 Å². The number of allylic oxidation sites excluding steroid dienone is 2. The number of nitrogens with two attached hydrogens (primary N) is 3. The van der Waals surface area contributed by atoms with E-state index in [0.29, 0.717) is 11.5 Å². The van der Waals surface area contributed by atoms with Crippen molar-refractivity contribution in [1.82, 2.24) is 9.97 Å². The van der Waals surface area contributed by atoms with Gasteiger partial charge < -0.3 is 26.9 Å². The molecule has 222 valence electrons. The fourth-order valence-electron chi connectivity index (χ4n) is 3.76. The molecule has 0 amide bonds. The van der Waals surface area contributed by atoms with E-state index in [-0.39, 0.29) is 5.92 Å². The molecule has 1 aliphatic rings. The van der Waals surface area contributed by atoms with Gasteiger partial charge in [-0.05, 0) is 74.2 Å². The van der Waals surface area contributed by atoms with Crippen LogP contribution in [0.5, 0.6) is 0 Å². The second-order valence-corrected chi connectivity index (χ2v) is 9.22. The maximum Gasteiger partial charge on any atom is 0.416 e. The van der Waals surface area contributed by atoms with Gasteiger partial charge >= 0.3 is 6.18 Å². The Hall–Kier alpha value is -4.34. The van der Waals surface area contributed by atoms with E-state index in [1.807, 2.05) is 52.0 Å². The Balaban J connectivity index is 0.000000316. The van der Waals surface area contributed by atoms with Crippen LogP contribution in [-0.2, 0) is 11.0 Å². The molecule has 41 heavy (non-hydrogen) atoms. The molecule has 1 aliphatic heterocycles. The van der Waals surface area contributed by atoms with Crippen LogP contribution in [-0.4, -0.2) is 29.3 Å². The lowest BCUT2D eigenvalue weighted by Gasteiger charge is -2.32. The second kappa shape index (κ2) is 16.7. The lowest BCUT2D eigenvalue weighted by molar-refractivity contribution is -0.137. The van der Waals surface area contributed by atoms with Gasteiger partial charge in [0.05, 0.1) is 11.1 Å². The zero-order valence-electron chi connectivity index (χ0n) is 24.2. The highest BCUT2D eigenvalue weighted by Gasteiger charge is 2.29. The zero-order chi connectivity index (χ0) is 31.2. The molecular weight excluding hydrogens is 529 g/mol. The van der Waals surface area contributed by atoms with E-state index in [2.05, 4.69) is 28.0 Å². The number of alkyl halides is 3. The predicted molar refractivity (Wildman–Crippen MR) is 165 cm³/mol. The number of hydrogen-bond donors (Lipinski definition) is 3. The summed E-state index contributed by atoms with van der Waals surface area (Å²) in [7, 11) is 0. The van der Waals surface area contributed by atoms with Gasteiger partial charge in [0.1, 0.15) is 24.2 Å². The number of aldehydes is 1. The van der Waals surface area contributed by atoms with Crippen molar-refractivity contribution >= 4 is 40.4 Å². The third-order valence-corrected chi connectivity index (χ3v) is 5.93. The largest absolute Gasteiger partial charge is 0.416 e. The molecule has 0 aliphatic carbocycles. The summed E-state index contributed by atoms with van der Waals surface area (Å²) in [6.07, 6.45) is -0.0198. The smallest absolute Gasteiger partial charge is 0.399 e. The van der Waals surface area contributed by atoms with Crippen LogP contribution in [0.3, 0.4) is 0 Å². The number of aromatic nitrogens is 2. The highest BCUT2D eigenvalue weighted by molar-refractivity contribution is 5.79. The Morgan fingerprint density at radius 2 is 1.51 bits per heavy atom. The standard InChI is InChI=1S/C13H18N4O.C9H11N.C7H6F3N.C2H6/c1-9(2)11-12(14)15-8-16-13(11)17-5-3-10(7-18)4-6-17;1-7(2)8-4-3-5-9(10)6-8;8-7(9,10)5-1-3-6(11)4-2-5;1-2/h7-8,10H,1,3-6H2,2H3,(H2,14,15,16);3-6H,1,10H2,2H3;1-4H,11H2;1-2H3. The quantitative estimate of drug-likeness (QED) is 0.225. The van der Waals surface area contributed by atoms with Gasteiger partial charge in [-0.25, -0.2) is 9.97 Å². The fraction of sp³-hybridized carbons (Fsp3) is 0.323. The summed E-state index contributed by atoms with van der Waals surface area (Å²) in [5, 5.41) is 0. The van der Waals surface area contributed by atoms with E-state index in [4.69, 9.17) is 17.2 Å². The Morgan fingerprint density at radius 3 is 1.95 bits per heavy atom. The van der Waals surface area contributed by atoms with E-state index in [1.165, 1.54) is 18.5 Å². The van der Waals surface area contributed by atoms with Crippen LogP contribution >= 0.6 is 0 Å². The number of anilines is 4. The summed E-state index contributed by atoms with van der Waals surface area (Å²) in [5.41, 5.74) is 20.9. The first-order valence-corrected chi connectivity index (χ1v) is 13.2. The van der Waals surface area contributed by atoms with Gasteiger partial charge in [-0.2, -0.15) is 13.2 Å². The first-order valence-electron chi connectivity index (χ1n) is 13.2. The van der Waals surface area contributed by atoms with E-state index < -0.39 is 11.7 Å². The molecule has 0 atom stereocenters. The summed E-state index contributed by atoms with van der Waals surface area (Å²) >= 11 is 0. The van der Waals surface area contributed by atoms with Crippen LogP contribution in [0.4, 0.5) is 36.2 Å². The molecule has 2 aromatic carbocycles. The number of benzene rings is 2. The van der Waals surface area contributed by atoms with Crippen molar-refractivity contribution in [1.29, 1.82) is 0 Å². The van der Waals surface area contributed by atoms with Crippen molar-refractivity contribution in [2.75, 3.05) is 35.2 Å². The Bertz CT molecular complexity index is 1270. The number of piperidine rings is 1. The molecule has 0 spiro atoms. The summed E-state index contributed by atoms with van der Waals surface area (Å²) in [6, 6.07) is 12.1. The maximum absolute atomic E-state index is 11.9.